The largest absolute Gasteiger partial charge is 0.422 e. The maximum Gasteiger partial charge on any atom is 0.344 e. The highest BCUT2D eigenvalue weighted by atomic mass is 16.4. The average Bonchev–Trinajstić information content (AvgIpc) is 3.40. The summed E-state index contributed by atoms with van der Waals surface area (Å²) in [6.07, 6.45) is 0. The topological polar surface area (TPSA) is 90.0 Å². The van der Waals surface area contributed by atoms with Gasteiger partial charge < -0.3 is 9.73 Å². The molecule has 7 rings (SSSR count). The van der Waals surface area contributed by atoms with Crippen LogP contribution in [0, 0.1) is 0 Å². The summed E-state index contributed by atoms with van der Waals surface area (Å²) in [4.78, 5) is 27.4. The first-order valence-electron chi connectivity index (χ1n) is 12.4. The summed E-state index contributed by atoms with van der Waals surface area (Å²) in [7, 11) is 0. The zero-order valence-electron chi connectivity index (χ0n) is 20.5. The van der Waals surface area contributed by atoms with E-state index in [1.54, 1.807) is 53.3 Å². The molecular weight excluding hydrogens is 488 g/mol. The second-order valence-corrected chi connectivity index (χ2v) is 9.21. The number of carbonyl (C=O) groups excluding carboxylic acids is 1. The lowest BCUT2D eigenvalue weighted by molar-refractivity contribution is 0.102. The van der Waals surface area contributed by atoms with Gasteiger partial charge in [-0.25, -0.2) is 4.79 Å². The maximum atomic E-state index is 13.2. The van der Waals surface area contributed by atoms with Crippen molar-refractivity contribution in [3.05, 3.63) is 131 Å². The van der Waals surface area contributed by atoms with E-state index in [-0.39, 0.29) is 5.91 Å². The Morgan fingerprint density at radius 2 is 1.49 bits per heavy atom. The van der Waals surface area contributed by atoms with Crippen molar-refractivity contribution in [2.45, 2.75) is 0 Å². The molecule has 0 unspecified atom stereocenters. The Morgan fingerprint density at radius 1 is 0.718 bits per heavy atom. The summed E-state index contributed by atoms with van der Waals surface area (Å²) in [5.41, 5.74) is 4.33. The van der Waals surface area contributed by atoms with Crippen LogP contribution in [0.1, 0.15) is 10.4 Å². The van der Waals surface area contributed by atoms with Crippen molar-refractivity contribution in [3.8, 4) is 16.8 Å². The van der Waals surface area contributed by atoms with Gasteiger partial charge in [0.25, 0.3) is 5.91 Å². The standard InChI is InChI=1S/C32H20N4O3/c37-31(23-11-5-10-21(17-23)26-18-22-8-2-4-14-30(22)39-32(26)38)33-24-15-16-27-28(19-24)35-36(34-27)29-13-6-9-20-7-1-3-12-25(20)29/h1-19H,(H,33,37). The number of hydrogen-bond donors (Lipinski definition) is 1. The van der Waals surface area contributed by atoms with Crippen LogP contribution < -0.4 is 10.9 Å². The second kappa shape index (κ2) is 9.08. The SMILES string of the molecule is O=C(Nc1ccc2nn(-c3cccc4ccccc34)nc2c1)c1cccc(-c2cc3ccccc3oc2=O)c1. The summed E-state index contributed by atoms with van der Waals surface area (Å²) < 4.78 is 5.47. The fourth-order valence-corrected chi connectivity index (χ4v) is 4.78. The van der Waals surface area contributed by atoms with E-state index in [1.165, 1.54) is 0 Å². The normalized spacial score (nSPS) is 11.3. The lowest BCUT2D eigenvalue weighted by Gasteiger charge is -2.07. The van der Waals surface area contributed by atoms with E-state index in [9.17, 15) is 9.59 Å². The molecule has 0 aliphatic carbocycles. The maximum absolute atomic E-state index is 13.2. The van der Waals surface area contributed by atoms with Crippen LogP contribution in [0.25, 0.3) is 49.6 Å². The summed E-state index contributed by atoms with van der Waals surface area (Å²) >= 11 is 0. The molecule has 2 aromatic heterocycles. The van der Waals surface area contributed by atoms with Crippen molar-refractivity contribution in [2.75, 3.05) is 5.32 Å². The first-order valence-corrected chi connectivity index (χ1v) is 12.4. The van der Waals surface area contributed by atoms with Crippen LogP contribution in [-0.2, 0) is 0 Å². The zero-order valence-corrected chi connectivity index (χ0v) is 20.5. The van der Waals surface area contributed by atoms with Crippen molar-refractivity contribution in [1.82, 2.24) is 15.0 Å². The number of anilines is 1. The molecule has 1 amide bonds. The molecule has 0 aliphatic rings. The van der Waals surface area contributed by atoms with Gasteiger partial charge in [0, 0.05) is 22.0 Å². The highest BCUT2D eigenvalue weighted by molar-refractivity contribution is 6.05. The number of hydrogen-bond acceptors (Lipinski definition) is 5. The molecule has 7 nitrogen and oxygen atoms in total. The van der Waals surface area contributed by atoms with Gasteiger partial charge in [-0.05, 0) is 59.5 Å². The minimum atomic E-state index is -0.453. The van der Waals surface area contributed by atoms with Gasteiger partial charge in [-0.15, -0.1) is 15.0 Å². The van der Waals surface area contributed by atoms with Gasteiger partial charge >= 0.3 is 5.63 Å². The van der Waals surface area contributed by atoms with Gasteiger partial charge in [-0.1, -0.05) is 66.7 Å². The average molecular weight is 509 g/mol. The van der Waals surface area contributed by atoms with Crippen molar-refractivity contribution < 1.29 is 9.21 Å². The van der Waals surface area contributed by atoms with Crippen LogP contribution in [0.5, 0.6) is 0 Å². The molecule has 1 N–H and O–H groups in total. The van der Waals surface area contributed by atoms with E-state index < -0.39 is 5.63 Å². The van der Waals surface area contributed by atoms with Gasteiger partial charge in [-0.3, -0.25) is 4.79 Å². The molecule has 5 aromatic carbocycles. The van der Waals surface area contributed by atoms with Crippen LogP contribution in [0.15, 0.2) is 124 Å². The second-order valence-electron chi connectivity index (χ2n) is 9.21. The summed E-state index contributed by atoms with van der Waals surface area (Å²) in [5.74, 6) is -0.303. The van der Waals surface area contributed by atoms with Crippen LogP contribution in [0.3, 0.4) is 0 Å². The number of para-hydroxylation sites is 1. The van der Waals surface area contributed by atoms with E-state index in [2.05, 4.69) is 27.6 Å². The molecule has 7 aromatic rings. The predicted molar refractivity (Wildman–Crippen MR) is 152 cm³/mol. The van der Waals surface area contributed by atoms with Crippen LogP contribution in [-0.4, -0.2) is 20.9 Å². The molecule has 0 radical (unpaired) electrons. The first-order chi connectivity index (χ1) is 19.1. The number of aromatic nitrogens is 3. The van der Waals surface area contributed by atoms with E-state index in [4.69, 9.17) is 4.42 Å². The van der Waals surface area contributed by atoms with Crippen molar-refractivity contribution in [3.63, 3.8) is 0 Å². The van der Waals surface area contributed by atoms with Gasteiger partial charge in [-0.2, -0.15) is 0 Å². The minimum absolute atomic E-state index is 0.303. The number of rotatable bonds is 4. The van der Waals surface area contributed by atoms with Crippen LogP contribution in [0.4, 0.5) is 5.69 Å². The van der Waals surface area contributed by atoms with Gasteiger partial charge in [0.2, 0.25) is 0 Å². The summed E-state index contributed by atoms with van der Waals surface area (Å²) in [6, 6.07) is 35.6. The Kier molecular flexibility index (Phi) is 5.26. The van der Waals surface area contributed by atoms with E-state index in [0.29, 0.717) is 39.0 Å². The third-order valence-corrected chi connectivity index (χ3v) is 6.70. The summed E-state index contributed by atoms with van der Waals surface area (Å²) in [5, 5.41) is 15.2. The van der Waals surface area contributed by atoms with Crippen molar-refractivity contribution in [2.24, 2.45) is 0 Å². The highest BCUT2D eigenvalue weighted by Gasteiger charge is 2.13. The quantitative estimate of drug-likeness (QED) is 0.271. The third kappa shape index (κ3) is 4.12. The molecular formula is C32H20N4O3. The smallest absolute Gasteiger partial charge is 0.344 e. The lowest BCUT2D eigenvalue weighted by atomic mass is 10.0. The Morgan fingerprint density at radius 3 is 2.41 bits per heavy atom. The Labute approximate surface area is 221 Å². The molecule has 0 aliphatic heterocycles. The third-order valence-electron chi connectivity index (χ3n) is 6.70. The summed E-state index contributed by atoms with van der Waals surface area (Å²) in [6.45, 7) is 0. The van der Waals surface area contributed by atoms with E-state index in [1.807, 2.05) is 54.6 Å². The van der Waals surface area contributed by atoms with E-state index >= 15 is 0 Å². The molecule has 0 saturated carbocycles. The molecule has 2 heterocycles. The molecule has 7 heteroatoms. The fourth-order valence-electron chi connectivity index (χ4n) is 4.78. The van der Waals surface area contributed by atoms with Crippen LogP contribution >= 0.6 is 0 Å². The van der Waals surface area contributed by atoms with Crippen LogP contribution in [0.2, 0.25) is 0 Å². The Hall–Kier alpha value is -5.56. The number of fused-ring (bicyclic) bond motifs is 3. The molecule has 186 valence electrons. The lowest BCUT2D eigenvalue weighted by Crippen LogP contribution is -2.12. The number of nitrogens with one attached hydrogen (secondary N) is 1. The number of nitrogens with zero attached hydrogens (tertiary/aromatic N) is 3. The minimum Gasteiger partial charge on any atom is -0.422 e. The molecule has 0 bridgehead atoms. The zero-order chi connectivity index (χ0) is 26.3. The van der Waals surface area contributed by atoms with Crippen molar-refractivity contribution >= 4 is 44.4 Å². The molecule has 39 heavy (non-hydrogen) atoms. The predicted octanol–water partition coefficient (Wildman–Crippen LogP) is 6.60. The Balaban J connectivity index is 1.18. The first kappa shape index (κ1) is 22.6. The molecule has 0 fully saturated rings. The number of carbonyl (C=O) groups is 1. The highest BCUT2D eigenvalue weighted by Crippen LogP contribution is 2.25. The number of benzene rings is 5. The Bertz CT molecular complexity index is 2100. The van der Waals surface area contributed by atoms with Gasteiger partial charge in [0.15, 0.2) is 0 Å². The molecule has 0 saturated heterocycles. The fraction of sp³-hybridized carbons (Fsp3) is 0. The van der Waals surface area contributed by atoms with Gasteiger partial charge in [0.05, 0.1) is 11.3 Å². The van der Waals surface area contributed by atoms with Crippen molar-refractivity contribution in [1.29, 1.82) is 0 Å². The monoisotopic (exact) mass is 508 g/mol. The molecule has 0 spiro atoms. The van der Waals surface area contributed by atoms with E-state index in [0.717, 1.165) is 21.8 Å². The number of amides is 1. The molecule has 0 atom stereocenters. The van der Waals surface area contributed by atoms with Gasteiger partial charge in [0.1, 0.15) is 16.6 Å².